The van der Waals surface area contributed by atoms with Gasteiger partial charge >= 0.3 is 0 Å². The third kappa shape index (κ3) is 2.05. The fourth-order valence-electron chi connectivity index (χ4n) is 1.72. The van der Waals surface area contributed by atoms with E-state index in [0.717, 1.165) is 19.3 Å². The smallest absolute Gasteiger partial charge is 0.275 e. The van der Waals surface area contributed by atoms with E-state index in [1.54, 1.807) is 0 Å². The molecule has 0 aromatic rings. The van der Waals surface area contributed by atoms with E-state index in [-0.39, 0.29) is 25.2 Å². The van der Waals surface area contributed by atoms with Gasteiger partial charge in [0.25, 0.3) is 5.91 Å². The van der Waals surface area contributed by atoms with Crippen LogP contribution < -0.4 is 0 Å². The second-order valence-electron chi connectivity index (χ2n) is 3.70. The minimum Gasteiger partial charge on any atom is -0.389 e. The number of nitrogens with zero attached hydrogens (tertiary/aromatic N) is 1. The van der Waals surface area contributed by atoms with Crippen molar-refractivity contribution in [1.82, 2.24) is 5.06 Å². The number of hydroxylamine groups is 2. The number of aliphatic hydroxyl groups is 1. The summed E-state index contributed by atoms with van der Waals surface area (Å²) >= 11 is 0. The highest BCUT2D eigenvalue weighted by Crippen LogP contribution is 2.17. The van der Waals surface area contributed by atoms with Crippen LogP contribution in [0.3, 0.4) is 0 Å². The highest BCUT2D eigenvalue weighted by atomic mass is 16.7. The van der Waals surface area contributed by atoms with Gasteiger partial charge in [-0.3, -0.25) is 9.63 Å². The summed E-state index contributed by atoms with van der Waals surface area (Å²) in [5.41, 5.74) is 0. The zero-order valence-electron chi connectivity index (χ0n) is 8.02. The number of amides is 1. The van der Waals surface area contributed by atoms with Crippen LogP contribution in [-0.4, -0.2) is 48.0 Å². The van der Waals surface area contributed by atoms with Crippen molar-refractivity contribution in [2.45, 2.75) is 31.5 Å². The fraction of sp³-hybridized carbons (Fsp3) is 0.889. The Bertz CT molecular complexity index is 208. The summed E-state index contributed by atoms with van der Waals surface area (Å²) in [6.07, 6.45) is 1.88. The molecule has 0 aliphatic carbocycles. The van der Waals surface area contributed by atoms with Crippen LogP contribution in [0.2, 0.25) is 0 Å². The minimum absolute atomic E-state index is 0.152. The molecule has 80 valence electrons. The van der Waals surface area contributed by atoms with Crippen molar-refractivity contribution in [2.75, 3.05) is 19.8 Å². The normalized spacial score (nSPS) is 33.4. The first-order chi connectivity index (χ1) is 6.77. The molecule has 5 nitrogen and oxygen atoms in total. The molecule has 2 saturated heterocycles. The van der Waals surface area contributed by atoms with Crippen molar-refractivity contribution < 1.29 is 19.5 Å². The zero-order chi connectivity index (χ0) is 9.97. The van der Waals surface area contributed by atoms with Gasteiger partial charge in [0.1, 0.15) is 18.8 Å². The van der Waals surface area contributed by atoms with Crippen molar-refractivity contribution >= 4 is 5.91 Å². The van der Waals surface area contributed by atoms with E-state index < -0.39 is 6.10 Å². The van der Waals surface area contributed by atoms with Gasteiger partial charge in [-0.25, -0.2) is 5.06 Å². The molecule has 0 spiro atoms. The Kier molecular flexibility index (Phi) is 3.00. The number of hydrogen-bond acceptors (Lipinski definition) is 4. The summed E-state index contributed by atoms with van der Waals surface area (Å²) in [6, 6.07) is 0. The number of rotatable bonds is 1. The molecule has 2 fully saturated rings. The first-order valence-corrected chi connectivity index (χ1v) is 5.01. The van der Waals surface area contributed by atoms with Crippen LogP contribution in [0, 0.1) is 0 Å². The fourth-order valence-corrected chi connectivity index (χ4v) is 1.72. The van der Waals surface area contributed by atoms with Gasteiger partial charge in [-0.2, -0.15) is 0 Å². The molecule has 1 amide bonds. The maximum absolute atomic E-state index is 11.7. The molecule has 2 heterocycles. The van der Waals surface area contributed by atoms with Crippen molar-refractivity contribution in [3.63, 3.8) is 0 Å². The van der Waals surface area contributed by atoms with Crippen LogP contribution in [0.25, 0.3) is 0 Å². The number of ether oxygens (including phenoxy) is 1. The summed E-state index contributed by atoms with van der Waals surface area (Å²) < 4.78 is 5.33. The van der Waals surface area contributed by atoms with Gasteiger partial charge < -0.3 is 9.84 Å². The van der Waals surface area contributed by atoms with Crippen molar-refractivity contribution in [1.29, 1.82) is 0 Å². The lowest BCUT2D eigenvalue weighted by molar-refractivity contribution is -0.183. The molecule has 0 saturated carbocycles. The predicted octanol–water partition coefficient (Wildman–Crippen LogP) is -0.310. The molecular formula is C9H15NO4. The van der Waals surface area contributed by atoms with E-state index in [2.05, 4.69) is 0 Å². The quantitative estimate of drug-likeness (QED) is 0.632. The van der Waals surface area contributed by atoms with E-state index in [1.807, 2.05) is 0 Å². The maximum Gasteiger partial charge on any atom is 0.275 e. The number of carbonyl (C=O) groups is 1. The zero-order valence-corrected chi connectivity index (χ0v) is 8.02. The van der Waals surface area contributed by atoms with Gasteiger partial charge in [-0.1, -0.05) is 0 Å². The molecule has 2 aliphatic rings. The van der Waals surface area contributed by atoms with Crippen LogP contribution in [0.5, 0.6) is 0 Å². The highest BCUT2D eigenvalue weighted by Gasteiger charge is 2.32. The summed E-state index contributed by atoms with van der Waals surface area (Å²) in [4.78, 5) is 16.7. The second-order valence-corrected chi connectivity index (χ2v) is 3.70. The third-order valence-corrected chi connectivity index (χ3v) is 2.50. The molecule has 0 aromatic heterocycles. The number of aliphatic hydroxyl groups excluding tert-OH is 1. The minimum atomic E-state index is -0.553. The summed E-state index contributed by atoms with van der Waals surface area (Å²) in [5.74, 6) is -0.152. The molecule has 5 heteroatoms. The van der Waals surface area contributed by atoms with E-state index in [4.69, 9.17) is 9.57 Å². The Labute approximate surface area is 82.5 Å². The van der Waals surface area contributed by atoms with Crippen LogP contribution in [-0.2, 0) is 14.4 Å². The number of hydrogen-bond donors (Lipinski definition) is 1. The van der Waals surface area contributed by atoms with Crippen LogP contribution in [0.4, 0.5) is 0 Å². The van der Waals surface area contributed by atoms with Gasteiger partial charge in [-0.05, 0) is 19.3 Å². The van der Waals surface area contributed by atoms with Crippen molar-refractivity contribution in [3.05, 3.63) is 0 Å². The summed E-state index contributed by atoms with van der Waals surface area (Å²) in [6.45, 7) is 1.12. The molecule has 0 radical (unpaired) electrons. The maximum atomic E-state index is 11.7. The Hall–Kier alpha value is -0.650. The topological polar surface area (TPSA) is 59.0 Å². The lowest BCUT2D eigenvalue weighted by Crippen LogP contribution is -2.40. The summed E-state index contributed by atoms with van der Waals surface area (Å²) in [7, 11) is 0. The van der Waals surface area contributed by atoms with Gasteiger partial charge in [-0.15, -0.1) is 0 Å². The Morgan fingerprint density at radius 1 is 1.43 bits per heavy atom. The number of carbonyl (C=O) groups excluding carboxylic acids is 1. The van der Waals surface area contributed by atoms with Crippen molar-refractivity contribution in [2.24, 2.45) is 0 Å². The second kappa shape index (κ2) is 4.25. The Morgan fingerprint density at radius 3 is 2.86 bits per heavy atom. The molecule has 1 unspecified atom stereocenters. The first-order valence-electron chi connectivity index (χ1n) is 5.01. The van der Waals surface area contributed by atoms with Gasteiger partial charge in [0.15, 0.2) is 0 Å². The van der Waals surface area contributed by atoms with Crippen LogP contribution in [0.1, 0.15) is 19.3 Å². The largest absolute Gasteiger partial charge is 0.389 e. The van der Waals surface area contributed by atoms with Crippen LogP contribution >= 0.6 is 0 Å². The first kappa shape index (κ1) is 9.89. The predicted molar refractivity (Wildman–Crippen MR) is 47.3 cm³/mol. The SMILES string of the molecule is O=C(C1CCCCO1)N1C[C@H](O)CO1. The molecule has 2 atom stereocenters. The van der Waals surface area contributed by atoms with E-state index >= 15 is 0 Å². The lowest BCUT2D eigenvalue weighted by Gasteiger charge is -2.25. The molecule has 2 rings (SSSR count). The van der Waals surface area contributed by atoms with Crippen LogP contribution in [0.15, 0.2) is 0 Å². The van der Waals surface area contributed by atoms with Gasteiger partial charge in [0.2, 0.25) is 0 Å². The number of β-amino-alcohol motifs (C(OH)–C–C–N with tert-alkyl or cyclic N) is 1. The monoisotopic (exact) mass is 201 g/mol. The Balaban J connectivity index is 1.87. The molecular weight excluding hydrogens is 186 g/mol. The lowest BCUT2D eigenvalue weighted by atomic mass is 10.1. The summed E-state index contributed by atoms with van der Waals surface area (Å²) in [5, 5.41) is 10.4. The Morgan fingerprint density at radius 2 is 2.29 bits per heavy atom. The third-order valence-electron chi connectivity index (χ3n) is 2.50. The van der Waals surface area contributed by atoms with Crippen molar-refractivity contribution in [3.8, 4) is 0 Å². The highest BCUT2D eigenvalue weighted by molar-refractivity contribution is 5.80. The molecule has 0 bridgehead atoms. The van der Waals surface area contributed by atoms with Gasteiger partial charge in [0, 0.05) is 6.61 Å². The molecule has 2 aliphatic heterocycles. The average Bonchev–Trinajstić information content (AvgIpc) is 2.65. The molecule has 1 N–H and O–H groups in total. The van der Waals surface area contributed by atoms with Gasteiger partial charge in [0.05, 0.1) is 6.54 Å². The standard InChI is InChI=1S/C9H15NO4/c11-7-5-10(14-6-7)9(12)8-3-1-2-4-13-8/h7-8,11H,1-6H2/t7-,8?/m0/s1. The molecule has 0 aromatic carbocycles. The average molecular weight is 201 g/mol. The van der Waals surface area contributed by atoms with E-state index in [9.17, 15) is 9.90 Å². The van der Waals surface area contributed by atoms with E-state index in [0.29, 0.717) is 6.61 Å². The molecule has 14 heavy (non-hydrogen) atoms. The van der Waals surface area contributed by atoms with E-state index in [1.165, 1.54) is 5.06 Å².